The van der Waals surface area contributed by atoms with Crippen molar-refractivity contribution < 1.29 is 24.9 Å². The van der Waals surface area contributed by atoms with Crippen molar-refractivity contribution in [3.63, 3.8) is 0 Å². The summed E-state index contributed by atoms with van der Waals surface area (Å²) in [6, 6.07) is -2.12. The predicted molar refractivity (Wildman–Crippen MR) is 58.5 cm³/mol. The molecule has 1 fully saturated rings. The molecule has 0 aromatic heterocycles. The second-order valence-corrected chi connectivity index (χ2v) is 4.05. The van der Waals surface area contributed by atoms with E-state index in [0.717, 1.165) is 12.8 Å². The summed E-state index contributed by atoms with van der Waals surface area (Å²) in [5.74, 6) is -1.28. The van der Waals surface area contributed by atoms with E-state index in [0.29, 0.717) is 13.0 Å². The van der Waals surface area contributed by atoms with E-state index >= 15 is 0 Å². The van der Waals surface area contributed by atoms with Crippen LogP contribution in [-0.4, -0.2) is 64.1 Å². The van der Waals surface area contributed by atoms with Crippen LogP contribution in [-0.2, 0) is 4.79 Å². The number of aliphatic hydroxyl groups excluding tert-OH is 2. The van der Waals surface area contributed by atoms with Gasteiger partial charge in [-0.15, -0.1) is 0 Å². The molecule has 4 N–H and O–H groups in total. The molecule has 2 amide bonds. The summed E-state index contributed by atoms with van der Waals surface area (Å²) >= 11 is 0. The fourth-order valence-corrected chi connectivity index (χ4v) is 1.88. The Balaban J connectivity index is 2.58. The van der Waals surface area contributed by atoms with E-state index in [9.17, 15) is 9.59 Å². The Kier molecular flexibility index (Phi) is 5.17. The summed E-state index contributed by atoms with van der Waals surface area (Å²) in [6.45, 7) is -0.294. The van der Waals surface area contributed by atoms with Gasteiger partial charge in [0, 0.05) is 6.54 Å². The third-order valence-corrected chi connectivity index (χ3v) is 2.88. The molecule has 0 radical (unpaired) electrons. The molecule has 2 atom stereocenters. The molecular weight excluding hydrogens is 228 g/mol. The average molecular weight is 246 g/mol. The number of hydrogen-bond acceptors (Lipinski definition) is 4. The van der Waals surface area contributed by atoms with Gasteiger partial charge in [0.25, 0.3) is 0 Å². The number of nitrogens with zero attached hydrogens (tertiary/aromatic N) is 1. The number of amides is 2. The number of carboxylic acid groups (broad SMARTS) is 1. The summed E-state index contributed by atoms with van der Waals surface area (Å²) in [4.78, 5) is 23.9. The van der Waals surface area contributed by atoms with Gasteiger partial charge in [0.15, 0.2) is 6.04 Å². The van der Waals surface area contributed by atoms with Crippen LogP contribution >= 0.6 is 0 Å². The SMILES string of the molecule is O=C(O)[C@H](CO)NC(=O)N1CCCCC1CO. The predicted octanol–water partition coefficient (Wildman–Crippen LogP) is -1.01. The van der Waals surface area contributed by atoms with Gasteiger partial charge >= 0.3 is 12.0 Å². The zero-order chi connectivity index (χ0) is 12.8. The molecule has 1 heterocycles. The lowest BCUT2D eigenvalue weighted by Crippen LogP contribution is -2.54. The molecule has 1 saturated heterocycles. The minimum atomic E-state index is -1.30. The van der Waals surface area contributed by atoms with Crippen LogP contribution in [0.5, 0.6) is 0 Å². The van der Waals surface area contributed by atoms with Crippen LogP contribution in [0.25, 0.3) is 0 Å². The van der Waals surface area contributed by atoms with Gasteiger partial charge in [-0.1, -0.05) is 0 Å². The van der Waals surface area contributed by atoms with Gasteiger partial charge < -0.3 is 25.5 Å². The Morgan fingerprint density at radius 1 is 1.35 bits per heavy atom. The van der Waals surface area contributed by atoms with Gasteiger partial charge in [-0.05, 0) is 19.3 Å². The quantitative estimate of drug-likeness (QED) is 0.508. The number of carbonyl (C=O) groups is 2. The standard InChI is InChI=1S/C10H18N2O5/c13-5-7-3-1-2-4-12(7)10(17)11-8(6-14)9(15)16/h7-8,13-14H,1-6H2,(H,11,17)(H,15,16)/t7?,8-/m0/s1. The summed E-state index contributed by atoms with van der Waals surface area (Å²) in [5.41, 5.74) is 0. The number of carbonyl (C=O) groups excluding carboxylic acids is 1. The smallest absolute Gasteiger partial charge is 0.328 e. The van der Waals surface area contributed by atoms with E-state index in [1.807, 2.05) is 0 Å². The summed E-state index contributed by atoms with van der Waals surface area (Å²) in [5, 5.41) is 28.9. The van der Waals surface area contributed by atoms with Crippen molar-refractivity contribution >= 4 is 12.0 Å². The van der Waals surface area contributed by atoms with Crippen molar-refractivity contribution in [3.8, 4) is 0 Å². The lowest BCUT2D eigenvalue weighted by atomic mass is 10.0. The van der Waals surface area contributed by atoms with Crippen molar-refractivity contribution in [2.75, 3.05) is 19.8 Å². The molecule has 0 aromatic carbocycles. The van der Waals surface area contributed by atoms with Crippen LogP contribution in [0, 0.1) is 0 Å². The summed E-state index contributed by atoms with van der Waals surface area (Å²) in [7, 11) is 0. The Morgan fingerprint density at radius 2 is 2.06 bits per heavy atom. The lowest BCUT2D eigenvalue weighted by Gasteiger charge is -2.35. The van der Waals surface area contributed by atoms with Gasteiger partial charge in [-0.2, -0.15) is 0 Å². The molecule has 0 saturated carbocycles. The highest BCUT2D eigenvalue weighted by molar-refractivity contribution is 5.82. The van der Waals surface area contributed by atoms with E-state index in [1.54, 1.807) is 0 Å². The molecular formula is C10H18N2O5. The van der Waals surface area contributed by atoms with Crippen molar-refractivity contribution in [1.82, 2.24) is 10.2 Å². The number of likely N-dealkylation sites (tertiary alicyclic amines) is 1. The van der Waals surface area contributed by atoms with Crippen molar-refractivity contribution in [2.24, 2.45) is 0 Å². The number of urea groups is 1. The second kappa shape index (κ2) is 6.41. The maximum absolute atomic E-state index is 11.8. The molecule has 7 heteroatoms. The molecule has 1 unspecified atom stereocenters. The minimum Gasteiger partial charge on any atom is -0.480 e. The van der Waals surface area contributed by atoms with Crippen molar-refractivity contribution in [3.05, 3.63) is 0 Å². The van der Waals surface area contributed by atoms with Gasteiger partial charge in [0.2, 0.25) is 0 Å². The number of rotatable bonds is 4. The van der Waals surface area contributed by atoms with Crippen LogP contribution in [0.2, 0.25) is 0 Å². The van der Waals surface area contributed by atoms with E-state index in [2.05, 4.69) is 5.32 Å². The molecule has 1 aliphatic rings. The monoisotopic (exact) mass is 246 g/mol. The van der Waals surface area contributed by atoms with E-state index in [-0.39, 0.29) is 12.6 Å². The zero-order valence-electron chi connectivity index (χ0n) is 9.50. The first-order chi connectivity index (χ1) is 8.10. The van der Waals surface area contributed by atoms with Crippen LogP contribution in [0.4, 0.5) is 4.79 Å². The Labute approximate surface area is 99.0 Å². The van der Waals surface area contributed by atoms with Crippen LogP contribution < -0.4 is 5.32 Å². The fourth-order valence-electron chi connectivity index (χ4n) is 1.88. The van der Waals surface area contributed by atoms with Gasteiger partial charge in [-0.3, -0.25) is 0 Å². The van der Waals surface area contributed by atoms with E-state index < -0.39 is 24.6 Å². The van der Waals surface area contributed by atoms with E-state index in [4.69, 9.17) is 15.3 Å². The number of nitrogens with one attached hydrogen (secondary N) is 1. The van der Waals surface area contributed by atoms with Crippen LogP contribution in [0.1, 0.15) is 19.3 Å². The van der Waals surface area contributed by atoms with Crippen molar-refractivity contribution in [2.45, 2.75) is 31.3 Å². The Bertz CT molecular complexity index is 284. The van der Waals surface area contributed by atoms with Crippen molar-refractivity contribution in [1.29, 1.82) is 0 Å². The highest BCUT2D eigenvalue weighted by Crippen LogP contribution is 2.16. The third kappa shape index (κ3) is 3.57. The van der Waals surface area contributed by atoms with Gasteiger partial charge in [-0.25, -0.2) is 9.59 Å². The highest BCUT2D eigenvalue weighted by Gasteiger charge is 2.28. The first kappa shape index (κ1) is 13.7. The Hall–Kier alpha value is -1.34. The molecule has 0 spiro atoms. The maximum atomic E-state index is 11.8. The average Bonchev–Trinajstić information content (AvgIpc) is 2.35. The van der Waals surface area contributed by atoms with Gasteiger partial charge in [0.05, 0.1) is 19.3 Å². The van der Waals surface area contributed by atoms with Gasteiger partial charge in [0.1, 0.15) is 0 Å². The third-order valence-electron chi connectivity index (χ3n) is 2.88. The number of aliphatic carboxylic acids is 1. The summed E-state index contributed by atoms with van der Waals surface area (Å²) < 4.78 is 0. The zero-order valence-corrected chi connectivity index (χ0v) is 9.50. The molecule has 0 aromatic rings. The van der Waals surface area contributed by atoms with E-state index in [1.165, 1.54) is 4.90 Å². The Morgan fingerprint density at radius 3 is 2.59 bits per heavy atom. The number of carboxylic acids is 1. The first-order valence-electron chi connectivity index (χ1n) is 5.61. The maximum Gasteiger partial charge on any atom is 0.328 e. The van der Waals surface area contributed by atoms with Crippen LogP contribution in [0.3, 0.4) is 0 Å². The largest absolute Gasteiger partial charge is 0.480 e. The van der Waals surface area contributed by atoms with Crippen LogP contribution in [0.15, 0.2) is 0 Å². The molecule has 1 aliphatic heterocycles. The molecule has 0 bridgehead atoms. The number of piperidine rings is 1. The molecule has 98 valence electrons. The lowest BCUT2D eigenvalue weighted by molar-refractivity contribution is -0.140. The second-order valence-electron chi connectivity index (χ2n) is 4.05. The normalized spacial score (nSPS) is 22.0. The first-order valence-corrected chi connectivity index (χ1v) is 5.61. The molecule has 17 heavy (non-hydrogen) atoms. The fraction of sp³-hybridized carbons (Fsp3) is 0.800. The molecule has 0 aliphatic carbocycles. The molecule has 1 rings (SSSR count). The minimum absolute atomic E-state index is 0.135. The summed E-state index contributed by atoms with van der Waals surface area (Å²) in [6.07, 6.45) is 2.49. The highest BCUT2D eigenvalue weighted by atomic mass is 16.4. The molecule has 7 nitrogen and oxygen atoms in total. The number of aliphatic hydroxyl groups is 2. The number of hydrogen-bond donors (Lipinski definition) is 4. The topological polar surface area (TPSA) is 110 Å².